The maximum Gasteiger partial charge on any atom is 0.257 e. The highest BCUT2D eigenvalue weighted by atomic mass is 16.3. The fourth-order valence-corrected chi connectivity index (χ4v) is 4.07. The zero-order chi connectivity index (χ0) is 15.6. The molecule has 2 atom stereocenters. The minimum atomic E-state index is 0.124. The van der Waals surface area contributed by atoms with Crippen molar-refractivity contribution in [2.24, 2.45) is 5.92 Å². The third-order valence-electron chi connectivity index (χ3n) is 5.30. The lowest BCUT2D eigenvalue weighted by molar-refractivity contribution is 0.0714. The molecule has 4 nitrogen and oxygen atoms in total. The zero-order valence-corrected chi connectivity index (χ0v) is 13.2. The highest BCUT2D eigenvalue weighted by molar-refractivity contribution is 5.94. The van der Waals surface area contributed by atoms with Gasteiger partial charge >= 0.3 is 0 Å². The van der Waals surface area contributed by atoms with Gasteiger partial charge in [0.15, 0.2) is 0 Å². The third kappa shape index (κ3) is 2.74. The van der Waals surface area contributed by atoms with Crippen LogP contribution in [0.3, 0.4) is 0 Å². The number of carbonyl (C=O) groups is 1. The van der Waals surface area contributed by atoms with Crippen LogP contribution in [0.2, 0.25) is 0 Å². The van der Waals surface area contributed by atoms with Crippen LogP contribution in [0, 0.1) is 5.92 Å². The molecule has 1 aromatic carbocycles. The van der Waals surface area contributed by atoms with Gasteiger partial charge in [0.05, 0.1) is 11.8 Å². The second-order valence-electron chi connectivity index (χ2n) is 6.53. The molecule has 0 saturated carbocycles. The van der Waals surface area contributed by atoms with E-state index in [2.05, 4.69) is 40.1 Å². The quantitative estimate of drug-likeness (QED) is 0.853. The molecule has 1 aromatic heterocycles. The summed E-state index contributed by atoms with van der Waals surface area (Å²) in [6.45, 7) is 2.98. The van der Waals surface area contributed by atoms with E-state index in [0.29, 0.717) is 17.5 Å². The molecule has 0 unspecified atom stereocenters. The molecule has 0 spiro atoms. The number of benzene rings is 1. The molecule has 3 heterocycles. The number of hydrogen-bond donors (Lipinski definition) is 0. The molecule has 0 N–H and O–H groups in total. The van der Waals surface area contributed by atoms with Crippen molar-refractivity contribution in [2.75, 3.05) is 24.5 Å². The van der Waals surface area contributed by atoms with E-state index in [1.165, 1.54) is 5.69 Å². The first-order valence-electron chi connectivity index (χ1n) is 8.46. The number of amides is 1. The van der Waals surface area contributed by atoms with E-state index in [4.69, 9.17) is 4.42 Å². The average Bonchev–Trinajstić information content (AvgIpc) is 3.22. The maximum atomic E-state index is 12.7. The number of nitrogens with zero attached hydrogens (tertiary/aromatic N) is 2. The van der Waals surface area contributed by atoms with Crippen LogP contribution in [0.4, 0.5) is 5.69 Å². The molecule has 23 heavy (non-hydrogen) atoms. The van der Waals surface area contributed by atoms with Crippen LogP contribution in [0.15, 0.2) is 53.3 Å². The van der Waals surface area contributed by atoms with E-state index >= 15 is 0 Å². The predicted molar refractivity (Wildman–Crippen MR) is 89.5 cm³/mol. The number of fused-ring (bicyclic) bond motifs is 1. The topological polar surface area (TPSA) is 36.7 Å². The normalized spacial score (nSPS) is 24.3. The lowest BCUT2D eigenvalue weighted by atomic mass is 9.95. The Labute approximate surface area is 136 Å². The van der Waals surface area contributed by atoms with E-state index in [1.54, 1.807) is 18.6 Å². The number of likely N-dealkylation sites (tertiary alicyclic amines) is 1. The summed E-state index contributed by atoms with van der Waals surface area (Å²) < 4.78 is 5.08. The molecule has 1 amide bonds. The van der Waals surface area contributed by atoms with Gasteiger partial charge in [-0.2, -0.15) is 0 Å². The van der Waals surface area contributed by atoms with Gasteiger partial charge in [-0.05, 0) is 43.4 Å². The maximum absolute atomic E-state index is 12.7. The van der Waals surface area contributed by atoms with Crippen LogP contribution in [0.25, 0.3) is 0 Å². The van der Waals surface area contributed by atoms with Crippen LogP contribution in [-0.2, 0) is 0 Å². The van der Waals surface area contributed by atoms with Crippen molar-refractivity contribution in [3.63, 3.8) is 0 Å². The van der Waals surface area contributed by atoms with E-state index in [-0.39, 0.29) is 5.91 Å². The summed E-state index contributed by atoms with van der Waals surface area (Å²) in [5, 5.41) is 0. The Kier molecular flexibility index (Phi) is 3.82. The number of carbonyl (C=O) groups excluding carboxylic acids is 1. The number of anilines is 1. The minimum Gasteiger partial charge on any atom is -0.472 e. The van der Waals surface area contributed by atoms with Gasteiger partial charge in [-0.15, -0.1) is 0 Å². The second kappa shape index (κ2) is 6.11. The summed E-state index contributed by atoms with van der Waals surface area (Å²) >= 11 is 0. The summed E-state index contributed by atoms with van der Waals surface area (Å²) in [4.78, 5) is 17.2. The van der Waals surface area contributed by atoms with Gasteiger partial charge in [0.25, 0.3) is 5.91 Å². The molecule has 0 radical (unpaired) electrons. The van der Waals surface area contributed by atoms with Gasteiger partial charge in [0, 0.05) is 31.4 Å². The summed E-state index contributed by atoms with van der Waals surface area (Å²) in [5.41, 5.74) is 1.97. The molecular weight excluding hydrogens is 288 g/mol. The smallest absolute Gasteiger partial charge is 0.257 e. The monoisotopic (exact) mass is 310 g/mol. The largest absolute Gasteiger partial charge is 0.472 e. The van der Waals surface area contributed by atoms with Crippen LogP contribution in [0.1, 0.15) is 29.6 Å². The molecule has 4 rings (SSSR count). The van der Waals surface area contributed by atoms with Crippen LogP contribution >= 0.6 is 0 Å². The molecule has 0 aliphatic carbocycles. The lowest BCUT2D eigenvalue weighted by Crippen LogP contribution is -2.38. The summed E-state index contributed by atoms with van der Waals surface area (Å²) in [6, 6.07) is 12.7. The molecule has 2 saturated heterocycles. The molecule has 0 bridgehead atoms. The number of furan rings is 1. The molecular formula is C19H22N2O2. The zero-order valence-electron chi connectivity index (χ0n) is 13.2. The predicted octanol–water partition coefficient (Wildman–Crippen LogP) is 3.41. The van der Waals surface area contributed by atoms with Gasteiger partial charge in [-0.3, -0.25) is 4.79 Å². The van der Waals surface area contributed by atoms with Crippen LogP contribution < -0.4 is 4.90 Å². The summed E-state index contributed by atoms with van der Waals surface area (Å²) in [7, 11) is 0. The highest BCUT2D eigenvalue weighted by Crippen LogP contribution is 2.34. The van der Waals surface area contributed by atoms with E-state index in [0.717, 1.165) is 38.9 Å². The molecule has 2 aromatic rings. The Morgan fingerprint density at radius 3 is 2.57 bits per heavy atom. The molecule has 4 heteroatoms. The van der Waals surface area contributed by atoms with E-state index < -0.39 is 0 Å². The Morgan fingerprint density at radius 1 is 1.00 bits per heavy atom. The second-order valence-corrected chi connectivity index (χ2v) is 6.53. The van der Waals surface area contributed by atoms with Crippen LogP contribution in [0.5, 0.6) is 0 Å². The Morgan fingerprint density at radius 2 is 1.78 bits per heavy atom. The SMILES string of the molecule is O=C(c1ccoc1)N1CC[C@@H]2CCN(c3ccccc3)CC[C@@H]21. The van der Waals surface area contributed by atoms with Crippen molar-refractivity contribution in [1.82, 2.24) is 4.90 Å². The first-order valence-corrected chi connectivity index (χ1v) is 8.46. The Balaban J connectivity index is 1.49. The van der Waals surface area contributed by atoms with E-state index in [1.807, 2.05) is 0 Å². The van der Waals surface area contributed by atoms with Crippen molar-refractivity contribution in [3.8, 4) is 0 Å². The molecule has 120 valence electrons. The first kappa shape index (κ1) is 14.4. The highest BCUT2D eigenvalue weighted by Gasteiger charge is 2.38. The summed E-state index contributed by atoms with van der Waals surface area (Å²) in [5.74, 6) is 0.749. The molecule has 2 fully saturated rings. The first-order chi connectivity index (χ1) is 11.3. The van der Waals surface area contributed by atoms with Gasteiger partial charge in [0.2, 0.25) is 0 Å². The fraction of sp³-hybridized carbons (Fsp3) is 0.421. The standard InChI is InChI=1S/C19H22N2O2/c22-19(16-9-13-23-14-16)21-12-7-15-6-10-20(11-8-18(15)21)17-4-2-1-3-5-17/h1-5,9,13-15,18H,6-8,10-12H2/t15-,18-/m0/s1. The van der Waals surface area contributed by atoms with Gasteiger partial charge in [-0.25, -0.2) is 0 Å². The van der Waals surface area contributed by atoms with Crippen molar-refractivity contribution < 1.29 is 9.21 Å². The van der Waals surface area contributed by atoms with Crippen LogP contribution in [-0.4, -0.2) is 36.5 Å². The van der Waals surface area contributed by atoms with Gasteiger partial charge < -0.3 is 14.2 Å². The van der Waals surface area contributed by atoms with Crippen molar-refractivity contribution in [2.45, 2.75) is 25.3 Å². The van der Waals surface area contributed by atoms with Gasteiger partial charge in [0.1, 0.15) is 6.26 Å². The Bertz CT molecular complexity index is 653. The lowest BCUT2D eigenvalue weighted by Gasteiger charge is -2.27. The molecule has 2 aliphatic rings. The number of para-hydroxylation sites is 1. The van der Waals surface area contributed by atoms with Gasteiger partial charge in [-0.1, -0.05) is 18.2 Å². The van der Waals surface area contributed by atoms with Crippen molar-refractivity contribution in [3.05, 3.63) is 54.5 Å². The number of rotatable bonds is 2. The fourth-order valence-electron chi connectivity index (χ4n) is 4.07. The van der Waals surface area contributed by atoms with E-state index in [9.17, 15) is 4.79 Å². The average molecular weight is 310 g/mol. The minimum absolute atomic E-state index is 0.124. The van der Waals surface area contributed by atoms with Crippen molar-refractivity contribution in [1.29, 1.82) is 0 Å². The third-order valence-corrected chi connectivity index (χ3v) is 5.30. The van der Waals surface area contributed by atoms with Crippen molar-refractivity contribution >= 4 is 11.6 Å². The Hall–Kier alpha value is -2.23. The molecule has 2 aliphatic heterocycles. The number of hydrogen-bond acceptors (Lipinski definition) is 3. The summed E-state index contributed by atoms with van der Waals surface area (Å²) in [6.07, 6.45) is 6.46.